The first-order chi connectivity index (χ1) is 6.22. The normalized spacial score (nSPS) is 13.2. The Hall–Kier alpha value is -0.840. The summed E-state index contributed by atoms with van der Waals surface area (Å²) in [5.74, 6) is 1.78. The maximum atomic E-state index is 9.12. The maximum absolute atomic E-state index is 9.12. The van der Waals surface area contributed by atoms with Crippen LogP contribution < -0.4 is 11.1 Å². The highest BCUT2D eigenvalue weighted by Crippen LogP contribution is 2.04. The van der Waals surface area contributed by atoms with Gasteiger partial charge in [0.1, 0.15) is 11.5 Å². The molecule has 74 valence electrons. The number of rotatable bonds is 5. The molecule has 1 heterocycles. The molecule has 1 aromatic rings. The zero-order valence-electron chi connectivity index (χ0n) is 7.79. The Bertz CT molecular complexity index is 248. The third-order valence-corrected chi connectivity index (χ3v) is 1.75. The molecule has 0 aliphatic heterocycles. The molecule has 0 aliphatic rings. The number of aliphatic hydroxyl groups is 1. The summed E-state index contributed by atoms with van der Waals surface area (Å²) < 4.78 is 5.32. The lowest BCUT2D eigenvalue weighted by molar-refractivity contribution is 0.178. The van der Waals surface area contributed by atoms with Gasteiger partial charge in [-0.1, -0.05) is 0 Å². The highest BCUT2D eigenvalue weighted by atomic mass is 16.3. The van der Waals surface area contributed by atoms with Crippen molar-refractivity contribution >= 4 is 0 Å². The first-order valence-corrected chi connectivity index (χ1v) is 4.36. The number of furan rings is 1. The van der Waals surface area contributed by atoms with Gasteiger partial charge in [-0.2, -0.15) is 0 Å². The van der Waals surface area contributed by atoms with Gasteiger partial charge < -0.3 is 20.6 Å². The van der Waals surface area contributed by atoms with E-state index in [2.05, 4.69) is 5.32 Å². The van der Waals surface area contributed by atoms with Crippen molar-refractivity contribution in [2.45, 2.75) is 19.6 Å². The molecule has 1 atom stereocenters. The van der Waals surface area contributed by atoms with Crippen LogP contribution in [0.1, 0.15) is 11.5 Å². The average molecular weight is 184 g/mol. The molecule has 4 heteroatoms. The van der Waals surface area contributed by atoms with Gasteiger partial charge in [0.05, 0.1) is 12.6 Å². The topological polar surface area (TPSA) is 71.4 Å². The molecule has 0 radical (unpaired) electrons. The Balaban J connectivity index is 2.20. The lowest BCUT2D eigenvalue weighted by atomic mass is 10.3. The molecule has 0 saturated carbocycles. The maximum Gasteiger partial charge on any atom is 0.117 e. The van der Waals surface area contributed by atoms with Gasteiger partial charge >= 0.3 is 0 Å². The van der Waals surface area contributed by atoms with Crippen LogP contribution in [0.4, 0.5) is 0 Å². The van der Waals surface area contributed by atoms with E-state index in [0.717, 1.165) is 11.5 Å². The van der Waals surface area contributed by atoms with Crippen LogP contribution in [0.5, 0.6) is 0 Å². The van der Waals surface area contributed by atoms with E-state index in [9.17, 15) is 0 Å². The lowest BCUT2D eigenvalue weighted by Crippen LogP contribution is -2.32. The minimum Gasteiger partial charge on any atom is -0.465 e. The molecule has 0 bridgehead atoms. The van der Waals surface area contributed by atoms with Crippen LogP contribution in [0.25, 0.3) is 0 Å². The van der Waals surface area contributed by atoms with Crippen LogP contribution in [-0.4, -0.2) is 24.3 Å². The number of aliphatic hydroxyl groups excluding tert-OH is 1. The second-order valence-corrected chi connectivity index (χ2v) is 3.03. The van der Waals surface area contributed by atoms with Crippen molar-refractivity contribution in [2.24, 2.45) is 5.73 Å². The van der Waals surface area contributed by atoms with E-state index >= 15 is 0 Å². The first kappa shape index (κ1) is 10.2. The molecule has 0 amide bonds. The fraction of sp³-hybridized carbons (Fsp3) is 0.556. The summed E-state index contributed by atoms with van der Waals surface area (Å²) in [6.07, 6.45) is -0.476. The molecular weight excluding hydrogens is 168 g/mol. The van der Waals surface area contributed by atoms with Crippen molar-refractivity contribution < 1.29 is 9.52 Å². The molecule has 0 spiro atoms. The van der Waals surface area contributed by atoms with Crippen LogP contribution in [0.2, 0.25) is 0 Å². The van der Waals surface area contributed by atoms with Gasteiger partial charge in [-0.05, 0) is 19.1 Å². The number of aryl methyl sites for hydroxylation is 1. The minimum absolute atomic E-state index is 0.282. The van der Waals surface area contributed by atoms with Gasteiger partial charge in [0.15, 0.2) is 0 Å². The van der Waals surface area contributed by atoms with E-state index in [4.69, 9.17) is 15.3 Å². The monoisotopic (exact) mass is 184 g/mol. The number of hydrogen-bond donors (Lipinski definition) is 3. The van der Waals surface area contributed by atoms with Gasteiger partial charge in [0.2, 0.25) is 0 Å². The van der Waals surface area contributed by atoms with E-state index in [1.54, 1.807) is 0 Å². The van der Waals surface area contributed by atoms with Gasteiger partial charge in [-0.3, -0.25) is 0 Å². The fourth-order valence-corrected chi connectivity index (χ4v) is 1.03. The quantitative estimate of drug-likeness (QED) is 0.602. The van der Waals surface area contributed by atoms with Gasteiger partial charge in [-0.15, -0.1) is 0 Å². The minimum atomic E-state index is -0.476. The van der Waals surface area contributed by atoms with Crippen LogP contribution >= 0.6 is 0 Å². The Morgan fingerprint density at radius 3 is 2.92 bits per heavy atom. The van der Waals surface area contributed by atoms with Gasteiger partial charge in [0, 0.05) is 13.1 Å². The Labute approximate surface area is 77.7 Å². The van der Waals surface area contributed by atoms with Crippen molar-refractivity contribution in [2.75, 3.05) is 13.1 Å². The Morgan fingerprint density at radius 2 is 2.38 bits per heavy atom. The van der Waals surface area contributed by atoms with Gasteiger partial charge in [-0.25, -0.2) is 0 Å². The van der Waals surface area contributed by atoms with Crippen molar-refractivity contribution in [1.82, 2.24) is 5.32 Å². The smallest absolute Gasteiger partial charge is 0.117 e. The van der Waals surface area contributed by atoms with Crippen LogP contribution in [-0.2, 0) is 6.54 Å². The van der Waals surface area contributed by atoms with Crippen molar-refractivity contribution in [3.8, 4) is 0 Å². The molecule has 0 aliphatic carbocycles. The zero-order chi connectivity index (χ0) is 9.68. The van der Waals surface area contributed by atoms with Crippen molar-refractivity contribution in [3.05, 3.63) is 23.7 Å². The molecule has 0 fully saturated rings. The summed E-state index contributed by atoms with van der Waals surface area (Å²) in [5.41, 5.74) is 5.24. The van der Waals surface area contributed by atoms with E-state index in [-0.39, 0.29) is 6.54 Å². The molecule has 1 rings (SSSR count). The third kappa shape index (κ3) is 3.59. The summed E-state index contributed by atoms with van der Waals surface area (Å²) >= 11 is 0. The lowest BCUT2D eigenvalue weighted by Gasteiger charge is -2.07. The third-order valence-electron chi connectivity index (χ3n) is 1.75. The fourth-order valence-electron chi connectivity index (χ4n) is 1.03. The molecule has 13 heavy (non-hydrogen) atoms. The number of hydrogen-bond acceptors (Lipinski definition) is 4. The van der Waals surface area contributed by atoms with E-state index in [1.807, 2.05) is 19.1 Å². The molecule has 4 nitrogen and oxygen atoms in total. The molecule has 4 N–H and O–H groups in total. The predicted molar refractivity (Wildman–Crippen MR) is 50.2 cm³/mol. The summed E-state index contributed by atoms with van der Waals surface area (Å²) in [5, 5.41) is 12.2. The summed E-state index contributed by atoms with van der Waals surface area (Å²) in [6.45, 7) is 3.31. The zero-order valence-corrected chi connectivity index (χ0v) is 7.79. The standard InChI is InChI=1S/C9H16N2O2/c1-7-2-3-9(13-7)6-11-5-8(12)4-10/h2-3,8,11-12H,4-6,10H2,1H3. The summed E-state index contributed by atoms with van der Waals surface area (Å²) in [4.78, 5) is 0. The number of nitrogens with one attached hydrogen (secondary N) is 1. The van der Waals surface area contributed by atoms with Crippen molar-refractivity contribution in [1.29, 1.82) is 0 Å². The second kappa shape index (κ2) is 5.01. The SMILES string of the molecule is Cc1ccc(CNCC(O)CN)o1. The van der Waals surface area contributed by atoms with Crippen LogP contribution in [0.3, 0.4) is 0 Å². The Kier molecular flexibility index (Phi) is 3.95. The van der Waals surface area contributed by atoms with E-state index in [0.29, 0.717) is 13.1 Å². The molecule has 1 aromatic heterocycles. The Morgan fingerprint density at radius 1 is 1.62 bits per heavy atom. The van der Waals surface area contributed by atoms with E-state index < -0.39 is 6.10 Å². The second-order valence-electron chi connectivity index (χ2n) is 3.03. The molecule has 0 aromatic carbocycles. The average Bonchev–Trinajstić information content (AvgIpc) is 2.51. The van der Waals surface area contributed by atoms with Crippen molar-refractivity contribution in [3.63, 3.8) is 0 Å². The predicted octanol–water partition coefficient (Wildman–Crippen LogP) is -0.00278. The molecule has 0 saturated heterocycles. The molecule has 1 unspecified atom stereocenters. The first-order valence-electron chi connectivity index (χ1n) is 4.36. The number of nitrogens with two attached hydrogens (primary N) is 1. The van der Waals surface area contributed by atoms with Gasteiger partial charge in [0.25, 0.3) is 0 Å². The summed E-state index contributed by atoms with van der Waals surface area (Å²) in [7, 11) is 0. The van der Waals surface area contributed by atoms with E-state index in [1.165, 1.54) is 0 Å². The highest BCUT2D eigenvalue weighted by molar-refractivity contribution is 5.05. The largest absolute Gasteiger partial charge is 0.465 e. The highest BCUT2D eigenvalue weighted by Gasteiger charge is 2.01. The molecular formula is C9H16N2O2. The van der Waals surface area contributed by atoms with Crippen LogP contribution in [0, 0.1) is 6.92 Å². The van der Waals surface area contributed by atoms with Crippen LogP contribution in [0.15, 0.2) is 16.5 Å². The summed E-state index contributed by atoms with van der Waals surface area (Å²) in [6, 6.07) is 3.83.